The molecule has 1 saturated carbocycles. The Morgan fingerprint density at radius 1 is 1.17 bits per heavy atom. The molecule has 0 spiro atoms. The highest BCUT2D eigenvalue weighted by atomic mass is 16.4. The van der Waals surface area contributed by atoms with Crippen LogP contribution in [0.2, 0.25) is 0 Å². The minimum absolute atomic E-state index is 0.212. The van der Waals surface area contributed by atoms with Gasteiger partial charge in [-0.1, -0.05) is 25.5 Å². The van der Waals surface area contributed by atoms with E-state index in [0.29, 0.717) is 18.8 Å². The Labute approximate surface area is 108 Å². The van der Waals surface area contributed by atoms with Crippen molar-refractivity contribution in [3.63, 3.8) is 0 Å². The van der Waals surface area contributed by atoms with Crippen LogP contribution in [-0.2, 0) is 9.59 Å². The van der Waals surface area contributed by atoms with Crippen LogP contribution in [0.3, 0.4) is 0 Å². The number of unbranched alkanes of at least 4 members (excludes halogenated alkanes) is 1. The van der Waals surface area contributed by atoms with Crippen LogP contribution >= 0.6 is 0 Å². The van der Waals surface area contributed by atoms with Crippen molar-refractivity contribution in [2.45, 2.75) is 45.4 Å². The third-order valence-electron chi connectivity index (χ3n) is 3.68. The van der Waals surface area contributed by atoms with Crippen LogP contribution in [0.15, 0.2) is 12.2 Å². The molecule has 18 heavy (non-hydrogen) atoms. The van der Waals surface area contributed by atoms with Crippen LogP contribution in [0.4, 0.5) is 0 Å². The first-order valence-corrected chi connectivity index (χ1v) is 6.68. The summed E-state index contributed by atoms with van der Waals surface area (Å²) in [6.45, 7) is 2.13. The van der Waals surface area contributed by atoms with Gasteiger partial charge in [0, 0.05) is 0 Å². The van der Waals surface area contributed by atoms with E-state index in [1.165, 1.54) is 0 Å². The van der Waals surface area contributed by atoms with Crippen LogP contribution < -0.4 is 0 Å². The Hall–Kier alpha value is -1.32. The predicted octanol–water partition coefficient (Wildman–Crippen LogP) is 2.93. The molecule has 1 fully saturated rings. The maximum atomic E-state index is 10.9. The van der Waals surface area contributed by atoms with E-state index in [1.807, 2.05) is 0 Å². The molecule has 0 unspecified atom stereocenters. The summed E-state index contributed by atoms with van der Waals surface area (Å²) in [4.78, 5) is 21.9. The summed E-state index contributed by atoms with van der Waals surface area (Å²) in [5, 5.41) is 17.9. The van der Waals surface area contributed by atoms with Gasteiger partial charge < -0.3 is 10.2 Å². The number of hydrogen-bond donors (Lipinski definition) is 2. The normalized spacial score (nSPS) is 24.6. The van der Waals surface area contributed by atoms with Gasteiger partial charge in [-0.2, -0.15) is 0 Å². The molecule has 0 heterocycles. The highest BCUT2D eigenvalue weighted by molar-refractivity contribution is 5.93. The minimum Gasteiger partial charge on any atom is -0.481 e. The average Bonchev–Trinajstić information content (AvgIpc) is 2.30. The fourth-order valence-electron chi connectivity index (χ4n) is 2.64. The molecule has 2 N–H and O–H groups in total. The summed E-state index contributed by atoms with van der Waals surface area (Å²) < 4.78 is 0. The number of allylic oxidation sites excluding steroid dienone is 2. The molecule has 0 atom stereocenters. The summed E-state index contributed by atoms with van der Waals surface area (Å²) >= 11 is 0. The van der Waals surface area contributed by atoms with Crippen molar-refractivity contribution in [1.29, 1.82) is 0 Å². The van der Waals surface area contributed by atoms with Gasteiger partial charge in [0.15, 0.2) is 5.92 Å². The first-order valence-electron chi connectivity index (χ1n) is 6.68. The molecule has 0 aliphatic heterocycles. The maximum Gasteiger partial charge on any atom is 0.318 e. The Kier molecular flexibility index (Phi) is 5.89. The summed E-state index contributed by atoms with van der Waals surface area (Å²) in [7, 11) is 0. The van der Waals surface area contributed by atoms with E-state index < -0.39 is 17.9 Å². The lowest BCUT2D eigenvalue weighted by Gasteiger charge is -2.28. The maximum absolute atomic E-state index is 10.9. The first kappa shape index (κ1) is 14.7. The fourth-order valence-corrected chi connectivity index (χ4v) is 2.64. The van der Waals surface area contributed by atoms with Crippen molar-refractivity contribution in [1.82, 2.24) is 0 Å². The second-order valence-electron chi connectivity index (χ2n) is 5.05. The molecule has 0 amide bonds. The molecular formula is C14H22O4. The molecule has 1 rings (SSSR count). The number of aliphatic carboxylic acids is 2. The molecule has 4 nitrogen and oxygen atoms in total. The summed E-state index contributed by atoms with van der Waals surface area (Å²) in [6.07, 6.45) is 9.80. The van der Waals surface area contributed by atoms with Crippen LogP contribution in [0.5, 0.6) is 0 Å². The van der Waals surface area contributed by atoms with E-state index in [0.717, 1.165) is 25.7 Å². The van der Waals surface area contributed by atoms with Gasteiger partial charge in [0.25, 0.3) is 0 Å². The minimum atomic E-state index is -1.23. The highest BCUT2D eigenvalue weighted by Crippen LogP contribution is 2.34. The molecule has 0 saturated heterocycles. The Bertz CT molecular complexity index is 300. The molecule has 1 aliphatic carbocycles. The second kappa shape index (κ2) is 7.19. The molecular weight excluding hydrogens is 232 g/mol. The zero-order valence-electron chi connectivity index (χ0n) is 10.8. The lowest BCUT2D eigenvalue weighted by molar-refractivity contribution is -0.158. The lowest BCUT2D eigenvalue weighted by atomic mass is 9.75. The van der Waals surface area contributed by atoms with Crippen molar-refractivity contribution in [3.05, 3.63) is 12.2 Å². The van der Waals surface area contributed by atoms with Crippen LogP contribution in [0.25, 0.3) is 0 Å². The number of carbonyl (C=O) groups is 2. The molecule has 0 aromatic heterocycles. The van der Waals surface area contributed by atoms with E-state index in [2.05, 4.69) is 19.1 Å². The van der Waals surface area contributed by atoms with Gasteiger partial charge in [-0.05, 0) is 43.9 Å². The monoisotopic (exact) mass is 254 g/mol. The fraction of sp³-hybridized carbons (Fsp3) is 0.714. The van der Waals surface area contributed by atoms with Gasteiger partial charge in [0.1, 0.15) is 0 Å². The summed E-state index contributed by atoms with van der Waals surface area (Å²) in [5.41, 5.74) is 0. The molecule has 4 heteroatoms. The summed E-state index contributed by atoms with van der Waals surface area (Å²) in [6, 6.07) is 0. The molecule has 102 valence electrons. The van der Waals surface area contributed by atoms with Crippen molar-refractivity contribution in [2.24, 2.45) is 17.8 Å². The van der Waals surface area contributed by atoms with Gasteiger partial charge in [0.2, 0.25) is 0 Å². The molecule has 1 aliphatic rings. The first-order chi connectivity index (χ1) is 8.56. The lowest BCUT2D eigenvalue weighted by Crippen LogP contribution is -2.33. The van der Waals surface area contributed by atoms with Crippen LogP contribution in [-0.4, -0.2) is 22.2 Å². The Balaban J connectivity index is 2.47. The van der Waals surface area contributed by atoms with Gasteiger partial charge in [0.05, 0.1) is 0 Å². The zero-order valence-corrected chi connectivity index (χ0v) is 10.8. The third-order valence-corrected chi connectivity index (χ3v) is 3.68. The van der Waals surface area contributed by atoms with Gasteiger partial charge in [-0.3, -0.25) is 9.59 Å². The van der Waals surface area contributed by atoms with E-state index in [9.17, 15) is 9.59 Å². The van der Waals surface area contributed by atoms with E-state index in [4.69, 9.17) is 10.2 Å². The molecule has 0 radical (unpaired) electrons. The number of rotatable bonds is 6. The summed E-state index contributed by atoms with van der Waals surface area (Å²) in [5.74, 6) is -3.35. The predicted molar refractivity (Wildman–Crippen MR) is 68.3 cm³/mol. The van der Waals surface area contributed by atoms with Crippen molar-refractivity contribution < 1.29 is 19.8 Å². The standard InChI is InChI=1S/C14H22O4/c1-2-3-4-5-10-6-8-11(9-7-10)12(13(15)16)14(17)18/h4-5,10-12H,2-3,6-9H2,1H3,(H,15,16)(H,17,18)/b5-4+/t10-,11-. The molecule has 0 aromatic rings. The average molecular weight is 254 g/mol. The topological polar surface area (TPSA) is 74.6 Å². The zero-order chi connectivity index (χ0) is 13.5. The van der Waals surface area contributed by atoms with Crippen LogP contribution in [0, 0.1) is 17.8 Å². The number of carboxylic acids is 2. The van der Waals surface area contributed by atoms with Gasteiger partial charge in [-0.15, -0.1) is 0 Å². The quantitative estimate of drug-likeness (QED) is 0.564. The van der Waals surface area contributed by atoms with E-state index in [1.54, 1.807) is 0 Å². The number of carboxylic acid groups (broad SMARTS) is 2. The van der Waals surface area contributed by atoms with Crippen LogP contribution in [0.1, 0.15) is 45.4 Å². The van der Waals surface area contributed by atoms with Crippen molar-refractivity contribution >= 4 is 11.9 Å². The smallest absolute Gasteiger partial charge is 0.318 e. The van der Waals surface area contributed by atoms with Gasteiger partial charge in [-0.25, -0.2) is 0 Å². The Morgan fingerprint density at radius 2 is 1.72 bits per heavy atom. The SMILES string of the molecule is CCC/C=C/[C@H]1CC[C@H](C(C(=O)O)C(=O)O)CC1. The molecule has 0 bridgehead atoms. The Morgan fingerprint density at radius 3 is 2.17 bits per heavy atom. The van der Waals surface area contributed by atoms with Crippen molar-refractivity contribution in [3.8, 4) is 0 Å². The van der Waals surface area contributed by atoms with E-state index in [-0.39, 0.29) is 5.92 Å². The highest BCUT2D eigenvalue weighted by Gasteiger charge is 2.36. The molecule has 0 aromatic carbocycles. The number of hydrogen-bond acceptors (Lipinski definition) is 2. The second-order valence-corrected chi connectivity index (χ2v) is 5.05. The third kappa shape index (κ3) is 4.17. The van der Waals surface area contributed by atoms with Gasteiger partial charge >= 0.3 is 11.9 Å². The van der Waals surface area contributed by atoms with Crippen molar-refractivity contribution in [2.75, 3.05) is 0 Å². The van der Waals surface area contributed by atoms with E-state index >= 15 is 0 Å². The largest absolute Gasteiger partial charge is 0.481 e.